The number of nitrogens with zero attached hydrogens (tertiary/aromatic N) is 1. The molecule has 0 saturated carbocycles. The molecule has 1 saturated heterocycles. The summed E-state index contributed by atoms with van der Waals surface area (Å²) in [5.41, 5.74) is 2.23. The molecule has 1 N–H and O–H groups in total. The molecule has 0 aliphatic carbocycles. The van der Waals surface area contributed by atoms with Gasteiger partial charge >= 0.3 is 0 Å². The van der Waals surface area contributed by atoms with E-state index in [1.165, 1.54) is 4.31 Å². The first kappa shape index (κ1) is 17.9. The Balaban J connectivity index is 2.02. The molecule has 1 amide bonds. The largest absolute Gasteiger partial charge is 0.349 e. The van der Waals surface area contributed by atoms with Crippen LogP contribution in [0.25, 0.3) is 0 Å². The molecule has 0 aromatic heterocycles. The molecule has 1 aromatic carbocycles. The number of nitrogens with one attached hydrogen (secondary N) is 1. The molecule has 0 bridgehead atoms. The summed E-state index contributed by atoms with van der Waals surface area (Å²) in [5, 5.41) is 3.04. The summed E-state index contributed by atoms with van der Waals surface area (Å²) in [4.78, 5) is 12.5. The van der Waals surface area contributed by atoms with Gasteiger partial charge in [0, 0.05) is 13.1 Å². The summed E-state index contributed by atoms with van der Waals surface area (Å²) in [5.74, 6) is -0.241. The monoisotopic (exact) mass is 338 g/mol. The molecule has 1 fully saturated rings. The number of sulfonamides is 1. The van der Waals surface area contributed by atoms with Crippen molar-refractivity contribution >= 4 is 15.9 Å². The van der Waals surface area contributed by atoms with Crippen LogP contribution in [-0.4, -0.2) is 37.5 Å². The van der Waals surface area contributed by atoms with Gasteiger partial charge in [0.15, 0.2) is 0 Å². The van der Waals surface area contributed by atoms with Gasteiger partial charge in [-0.2, -0.15) is 0 Å². The topological polar surface area (TPSA) is 66.5 Å². The summed E-state index contributed by atoms with van der Waals surface area (Å²) >= 11 is 0. The molecule has 0 unspecified atom stereocenters. The van der Waals surface area contributed by atoms with E-state index in [-0.39, 0.29) is 23.6 Å². The number of hydrogen-bond acceptors (Lipinski definition) is 3. The Kier molecular flexibility index (Phi) is 5.81. The Morgan fingerprint density at radius 2 is 2.09 bits per heavy atom. The number of amides is 1. The lowest BCUT2D eigenvalue weighted by Crippen LogP contribution is -2.46. The first-order valence-electron chi connectivity index (χ1n) is 8.19. The zero-order chi connectivity index (χ0) is 17.0. The van der Waals surface area contributed by atoms with Crippen LogP contribution in [-0.2, 0) is 14.8 Å². The average molecular weight is 338 g/mol. The fourth-order valence-corrected chi connectivity index (χ4v) is 4.25. The molecule has 1 aliphatic heterocycles. The number of carbonyl (C=O) groups is 1. The molecular formula is C17H26N2O3S. The Labute approximate surface area is 139 Å². The second-order valence-corrected chi connectivity index (χ2v) is 8.44. The lowest BCUT2D eigenvalue weighted by molar-refractivity contribution is -0.126. The third-order valence-corrected chi connectivity index (χ3v) is 6.37. The van der Waals surface area contributed by atoms with Gasteiger partial charge in [-0.3, -0.25) is 4.79 Å². The molecule has 2 atom stereocenters. The van der Waals surface area contributed by atoms with Gasteiger partial charge in [-0.15, -0.1) is 0 Å². The molecule has 23 heavy (non-hydrogen) atoms. The molecule has 1 aliphatic rings. The van der Waals surface area contributed by atoms with Gasteiger partial charge < -0.3 is 5.32 Å². The minimum Gasteiger partial charge on any atom is -0.349 e. The van der Waals surface area contributed by atoms with E-state index in [0.717, 1.165) is 24.0 Å². The van der Waals surface area contributed by atoms with Crippen LogP contribution >= 0.6 is 0 Å². The predicted octanol–water partition coefficient (Wildman–Crippen LogP) is 2.23. The maximum Gasteiger partial charge on any atom is 0.224 e. The van der Waals surface area contributed by atoms with E-state index in [1.54, 1.807) is 6.92 Å². The molecule has 0 spiro atoms. The summed E-state index contributed by atoms with van der Waals surface area (Å²) in [6.45, 7) is 6.44. The van der Waals surface area contributed by atoms with E-state index in [0.29, 0.717) is 13.1 Å². The van der Waals surface area contributed by atoms with E-state index >= 15 is 0 Å². The molecule has 128 valence electrons. The first-order valence-corrected chi connectivity index (χ1v) is 9.79. The van der Waals surface area contributed by atoms with Crippen LogP contribution in [0.1, 0.15) is 43.9 Å². The molecule has 2 rings (SSSR count). The highest BCUT2D eigenvalue weighted by Gasteiger charge is 2.31. The normalized spacial score (nSPS) is 20.9. The minimum atomic E-state index is -3.22. The summed E-state index contributed by atoms with van der Waals surface area (Å²) < 4.78 is 25.5. The quantitative estimate of drug-likeness (QED) is 0.895. The predicted molar refractivity (Wildman–Crippen MR) is 91.5 cm³/mol. The average Bonchev–Trinajstić information content (AvgIpc) is 2.55. The zero-order valence-electron chi connectivity index (χ0n) is 14.1. The summed E-state index contributed by atoms with van der Waals surface area (Å²) in [6, 6.07) is 7.88. The van der Waals surface area contributed by atoms with Crippen LogP contribution in [0.4, 0.5) is 0 Å². The molecule has 1 aromatic rings. The van der Waals surface area contributed by atoms with E-state index in [9.17, 15) is 13.2 Å². The first-order chi connectivity index (χ1) is 10.8. The van der Waals surface area contributed by atoms with Crippen molar-refractivity contribution in [1.29, 1.82) is 0 Å². The summed E-state index contributed by atoms with van der Waals surface area (Å²) in [6.07, 6.45) is 1.47. The second kappa shape index (κ2) is 7.45. The van der Waals surface area contributed by atoms with Gasteiger partial charge in [-0.05, 0) is 44.7 Å². The van der Waals surface area contributed by atoms with Crippen molar-refractivity contribution in [2.24, 2.45) is 5.92 Å². The highest BCUT2D eigenvalue weighted by atomic mass is 32.2. The Morgan fingerprint density at radius 1 is 1.39 bits per heavy atom. The van der Waals surface area contributed by atoms with Crippen LogP contribution in [0.5, 0.6) is 0 Å². The smallest absolute Gasteiger partial charge is 0.224 e. The van der Waals surface area contributed by atoms with Gasteiger partial charge in [0.2, 0.25) is 15.9 Å². The summed E-state index contributed by atoms with van der Waals surface area (Å²) in [7, 11) is -3.22. The third kappa shape index (κ3) is 4.32. The highest BCUT2D eigenvalue weighted by Crippen LogP contribution is 2.22. The van der Waals surface area contributed by atoms with Crippen molar-refractivity contribution in [3.05, 3.63) is 35.4 Å². The lowest BCUT2D eigenvalue weighted by Gasteiger charge is -2.31. The Bertz CT molecular complexity index is 658. The Morgan fingerprint density at radius 3 is 2.74 bits per heavy atom. The van der Waals surface area contributed by atoms with Crippen LogP contribution in [0, 0.1) is 12.8 Å². The van der Waals surface area contributed by atoms with Crippen LogP contribution < -0.4 is 5.32 Å². The van der Waals surface area contributed by atoms with Gasteiger partial charge in [0.1, 0.15) is 0 Å². The van der Waals surface area contributed by atoms with Gasteiger partial charge in [0.25, 0.3) is 0 Å². The molecule has 0 radical (unpaired) electrons. The van der Waals surface area contributed by atoms with Crippen molar-refractivity contribution in [2.75, 3.05) is 18.8 Å². The second-order valence-electron chi connectivity index (χ2n) is 6.18. The molecule has 6 heteroatoms. The number of benzene rings is 1. The standard InChI is InChI=1S/C17H26N2O3S/c1-4-23(21,22)19-11-7-9-15(12-19)17(20)18-14(3)16-10-6-5-8-13(16)2/h5-6,8,10,14-15H,4,7,9,11-12H2,1-3H3,(H,18,20)/t14-,15+/m1/s1. The molecular weight excluding hydrogens is 312 g/mol. The number of hydrogen-bond donors (Lipinski definition) is 1. The molecule has 5 nitrogen and oxygen atoms in total. The fraction of sp³-hybridized carbons (Fsp3) is 0.588. The van der Waals surface area contributed by atoms with Crippen molar-refractivity contribution in [1.82, 2.24) is 9.62 Å². The van der Waals surface area contributed by atoms with Crippen LogP contribution in [0.15, 0.2) is 24.3 Å². The maximum atomic E-state index is 12.5. The fourth-order valence-electron chi connectivity index (χ4n) is 3.07. The van der Waals surface area contributed by atoms with Crippen molar-refractivity contribution in [3.63, 3.8) is 0 Å². The number of rotatable bonds is 5. The maximum absolute atomic E-state index is 12.5. The highest BCUT2D eigenvalue weighted by molar-refractivity contribution is 7.89. The SMILES string of the molecule is CCS(=O)(=O)N1CCC[C@H](C(=O)N[C@H](C)c2ccccc2C)C1. The minimum absolute atomic E-state index is 0.0586. The van der Waals surface area contributed by atoms with Gasteiger partial charge in [0.05, 0.1) is 17.7 Å². The van der Waals surface area contributed by atoms with E-state index in [4.69, 9.17) is 0 Å². The van der Waals surface area contributed by atoms with E-state index in [1.807, 2.05) is 38.1 Å². The number of aryl methyl sites for hydroxylation is 1. The zero-order valence-corrected chi connectivity index (χ0v) is 14.9. The molecule has 1 heterocycles. The van der Waals surface area contributed by atoms with E-state index < -0.39 is 10.0 Å². The third-order valence-electron chi connectivity index (χ3n) is 4.53. The number of carbonyl (C=O) groups excluding carboxylic acids is 1. The van der Waals surface area contributed by atoms with Crippen LogP contribution in [0.3, 0.4) is 0 Å². The van der Waals surface area contributed by atoms with Gasteiger partial charge in [-0.25, -0.2) is 12.7 Å². The van der Waals surface area contributed by atoms with Crippen molar-refractivity contribution < 1.29 is 13.2 Å². The number of piperidine rings is 1. The van der Waals surface area contributed by atoms with Crippen LogP contribution in [0.2, 0.25) is 0 Å². The van der Waals surface area contributed by atoms with Crippen molar-refractivity contribution in [3.8, 4) is 0 Å². The lowest BCUT2D eigenvalue weighted by atomic mass is 9.97. The van der Waals surface area contributed by atoms with Gasteiger partial charge in [-0.1, -0.05) is 24.3 Å². The van der Waals surface area contributed by atoms with Crippen molar-refractivity contribution in [2.45, 2.75) is 39.7 Å². The van der Waals surface area contributed by atoms with E-state index in [2.05, 4.69) is 5.32 Å². The Hall–Kier alpha value is -1.40.